The van der Waals surface area contributed by atoms with E-state index in [1.807, 2.05) is 0 Å². The van der Waals surface area contributed by atoms with E-state index in [2.05, 4.69) is 0 Å². The van der Waals surface area contributed by atoms with E-state index < -0.39 is 22.2 Å². The van der Waals surface area contributed by atoms with Crippen molar-refractivity contribution in [2.75, 3.05) is 0 Å². The van der Waals surface area contributed by atoms with Crippen LogP contribution in [0.1, 0.15) is 27.7 Å². The predicted molar refractivity (Wildman–Crippen MR) is 53.1 cm³/mol. The monoisotopic (exact) mass is 248 g/mol. The summed E-state index contributed by atoms with van der Waals surface area (Å²) >= 11 is 0. The van der Waals surface area contributed by atoms with Crippen molar-refractivity contribution < 1.29 is 52.7 Å². The second kappa shape index (κ2) is 8.69. The summed E-state index contributed by atoms with van der Waals surface area (Å²) in [7, 11) is -2.86. The fraction of sp³-hybridized carbons (Fsp3) is 0.750. The predicted octanol–water partition coefficient (Wildman–Crippen LogP) is -2.14. The van der Waals surface area contributed by atoms with Gasteiger partial charge in [-0.1, -0.05) is 12.2 Å². The van der Waals surface area contributed by atoms with E-state index in [9.17, 15) is 10.2 Å². The topological polar surface area (TPSA) is 94.8 Å². The van der Waals surface area contributed by atoms with Crippen molar-refractivity contribution >= 4 is 11.0 Å². The van der Waals surface area contributed by atoms with Gasteiger partial charge in [-0.2, -0.15) is 0 Å². The summed E-state index contributed by atoms with van der Waals surface area (Å²) in [5.41, 5.74) is -1.67. The molecule has 0 saturated heterocycles. The van der Waals surface area contributed by atoms with Crippen LogP contribution in [0.4, 0.5) is 0 Å². The second-order valence-electron chi connectivity index (χ2n) is 3.86. The Hall–Kier alpha value is 0.570. The zero-order valence-corrected chi connectivity index (χ0v) is 12.5. The first kappa shape index (κ1) is 20.9. The summed E-state index contributed by atoms with van der Waals surface area (Å²) in [6.45, 7) is 6.65. The minimum absolute atomic E-state index is 0. The molecule has 0 heterocycles. The summed E-state index contributed by atoms with van der Waals surface area (Å²) in [6.07, 6.45) is 3.15. The van der Waals surface area contributed by atoms with Crippen molar-refractivity contribution in [3.8, 4) is 0 Å². The van der Waals surface area contributed by atoms with Crippen molar-refractivity contribution in [2.24, 2.45) is 0 Å². The second-order valence-corrected chi connectivity index (χ2v) is 4.29. The Morgan fingerprint density at radius 1 is 0.933 bits per heavy atom. The van der Waals surface area contributed by atoms with Crippen LogP contribution in [0.2, 0.25) is 0 Å². The van der Waals surface area contributed by atoms with Crippen LogP contribution in [-0.2, 0) is 19.4 Å². The Bertz CT molecular complexity index is 223. The molecular formula is C8H17NaO5S. The van der Waals surface area contributed by atoms with Gasteiger partial charge in [0, 0.05) is 11.0 Å². The van der Waals surface area contributed by atoms with Gasteiger partial charge in [0.25, 0.3) is 0 Å². The van der Waals surface area contributed by atoms with E-state index in [1.54, 1.807) is 39.8 Å². The van der Waals surface area contributed by atoms with E-state index in [0.717, 1.165) is 0 Å². The maximum absolute atomic E-state index is 9.18. The SMILES string of the molecule is CC(C)(O)C=CC(C)(C)O.O=[S-](=O)O.[Na+]. The first-order valence-electron chi connectivity index (χ1n) is 3.87. The summed E-state index contributed by atoms with van der Waals surface area (Å²) in [5.74, 6) is 0. The van der Waals surface area contributed by atoms with Gasteiger partial charge in [0.1, 0.15) is 0 Å². The molecule has 0 amide bonds. The van der Waals surface area contributed by atoms with E-state index in [4.69, 9.17) is 13.0 Å². The molecule has 0 aromatic rings. The van der Waals surface area contributed by atoms with Crippen LogP contribution in [-0.4, -0.2) is 26.0 Å². The van der Waals surface area contributed by atoms with Crippen LogP contribution in [0.3, 0.4) is 0 Å². The Balaban J connectivity index is -0.000000249. The fourth-order valence-electron chi connectivity index (χ4n) is 0.408. The molecule has 15 heavy (non-hydrogen) atoms. The van der Waals surface area contributed by atoms with E-state index >= 15 is 0 Å². The molecule has 0 aliphatic rings. The molecule has 3 N–H and O–H groups in total. The van der Waals surface area contributed by atoms with Gasteiger partial charge in [-0.3, -0.25) is 0 Å². The third-order valence-electron chi connectivity index (χ3n) is 0.899. The molecule has 0 aliphatic carbocycles. The largest absolute Gasteiger partial charge is 1.00 e. The summed E-state index contributed by atoms with van der Waals surface area (Å²) in [4.78, 5) is 0. The van der Waals surface area contributed by atoms with Gasteiger partial charge < -0.3 is 23.2 Å². The van der Waals surface area contributed by atoms with Gasteiger partial charge >= 0.3 is 29.6 Å². The minimum atomic E-state index is -2.86. The van der Waals surface area contributed by atoms with Crippen molar-refractivity contribution in [1.82, 2.24) is 0 Å². The molecule has 0 unspecified atom stereocenters. The first-order valence-corrected chi connectivity index (χ1v) is 4.91. The quantitative estimate of drug-likeness (QED) is 0.170. The summed E-state index contributed by atoms with van der Waals surface area (Å²) in [5, 5.41) is 18.4. The van der Waals surface area contributed by atoms with Gasteiger partial charge in [0.05, 0.1) is 11.2 Å². The minimum Gasteiger partial charge on any atom is -0.439 e. The standard InChI is InChI=1S/C8H16O2.Na.HO3S/c1-7(2,9)5-6-8(3,4)10;;1-4(2)3/h5-6,9-10H,1-4H3;;(H,1,2,3)/q;+1;-1. The molecule has 0 fully saturated rings. The number of hydrogen-bond donors (Lipinski definition) is 3. The molecule has 0 bridgehead atoms. The van der Waals surface area contributed by atoms with Crippen molar-refractivity contribution in [3.63, 3.8) is 0 Å². The summed E-state index contributed by atoms with van der Waals surface area (Å²) < 4.78 is 24.1. The van der Waals surface area contributed by atoms with Crippen LogP contribution >= 0.6 is 0 Å². The van der Waals surface area contributed by atoms with Crippen molar-refractivity contribution in [3.05, 3.63) is 12.2 Å². The summed E-state index contributed by atoms with van der Waals surface area (Å²) in [6, 6.07) is 0. The third kappa shape index (κ3) is 40.2. The molecule has 0 radical (unpaired) electrons. The molecule has 7 heteroatoms. The maximum atomic E-state index is 9.18. The molecule has 0 aromatic carbocycles. The third-order valence-corrected chi connectivity index (χ3v) is 0.899. The normalized spacial score (nSPS) is 12.0. The smallest absolute Gasteiger partial charge is 0.439 e. The molecule has 0 aromatic heterocycles. The van der Waals surface area contributed by atoms with Crippen molar-refractivity contribution in [1.29, 1.82) is 0 Å². The number of aliphatic hydroxyl groups is 2. The van der Waals surface area contributed by atoms with Gasteiger partial charge in [0.15, 0.2) is 0 Å². The maximum Gasteiger partial charge on any atom is 1.00 e. The van der Waals surface area contributed by atoms with E-state index in [0.29, 0.717) is 0 Å². The molecular weight excluding hydrogens is 231 g/mol. The first-order chi connectivity index (χ1) is 5.94. The zero-order chi connectivity index (χ0) is 12.0. The van der Waals surface area contributed by atoms with Gasteiger partial charge in [-0.25, -0.2) is 0 Å². The zero-order valence-electron chi connectivity index (χ0n) is 9.72. The molecule has 0 atom stereocenters. The van der Waals surface area contributed by atoms with Gasteiger partial charge in [0.2, 0.25) is 0 Å². The Morgan fingerprint density at radius 2 is 1.07 bits per heavy atom. The average Bonchev–Trinajstić information content (AvgIpc) is 1.79. The van der Waals surface area contributed by atoms with Crippen LogP contribution in [0.25, 0.3) is 0 Å². The van der Waals surface area contributed by atoms with Crippen molar-refractivity contribution in [2.45, 2.75) is 38.9 Å². The average molecular weight is 248 g/mol. The molecule has 0 rings (SSSR count). The Kier molecular flexibility index (Phi) is 12.1. The van der Waals surface area contributed by atoms with Crippen LogP contribution in [0, 0.1) is 0 Å². The Labute approximate surface area is 114 Å². The molecule has 0 spiro atoms. The number of rotatable bonds is 2. The Morgan fingerprint density at radius 3 is 1.13 bits per heavy atom. The molecule has 86 valence electrons. The van der Waals surface area contributed by atoms with E-state index in [1.165, 1.54) is 0 Å². The van der Waals surface area contributed by atoms with Crippen LogP contribution in [0.5, 0.6) is 0 Å². The molecule has 0 aliphatic heterocycles. The van der Waals surface area contributed by atoms with Gasteiger partial charge in [-0.05, 0) is 27.7 Å². The molecule has 0 saturated carbocycles. The fourth-order valence-corrected chi connectivity index (χ4v) is 0.408. The van der Waals surface area contributed by atoms with Crippen LogP contribution in [0.15, 0.2) is 12.2 Å². The van der Waals surface area contributed by atoms with E-state index in [-0.39, 0.29) is 29.6 Å². The number of hydrogen-bond acceptors (Lipinski definition) is 5. The van der Waals surface area contributed by atoms with Crippen LogP contribution < -0.4 is 29.6 Å². The molecule has 5 nitrogen and oxygen atoms in total. The van der Waals surface area contributed by atoms with Gasteiger partial charge in [-0.15, -0.1) is 0 Å².